The van der Waals surface area contributed by atoms with Crippen molar-refractivity contribution in [2.24, 2.45) is 12.1 Å². The molecule has 1 aromatic heterocycles. The van der Waals surface area contributed by atoms with E-state index in [9.17, 15) is 4.79 Å². The topological polar surface area (TPSA) is 71.8 Å². The maximum atomic E-state index is 11.7. The summed E-state index contributed by atoms with van der Waals surface area (Å²) in [5.74, 6) is 0.808. The van der Waals surface area contributed by atoms with Crippen LogP contribution < -0.4 is 10.3 Å². The Hall–Kier alpha value is -3.09. The van der Waals surface area contributed by atoms with Gasteiger partial charge in [-0.15, -0.1) is 0 Å². The normalized spacial score (nSPS) is 13.4. The predicted molar refractivity (Wildman–Crippen MR) is 107 cm³/mol. The van der Waals surface area contributed by atoms with Crippen LogP contribution in [-0.4, -0.2) is 28.2 Å². The van der Waals surface area contributed by atoms with Crippen LogP contribution >= 0.6 is 0 Å². The zero-order chi connectivity index (χ0) is 19.1. The molecule has 2 aromatic rings. The average molecular weight is 367 g/mol. The summed E-state index contributed by atoms with van der Waals surface area (Å²) >= 11 is 0. The number of nitrogens with one attached hydrogen (secondary N) is 1. The third-order valence-electron chi connectivity index (χ3n) is 4.10. The van der Waals surface area contributed by atoms with E-state index in [1.165, 1.54) is 0 Å². The standard InChI is InChI=1S/C20H25N5O2/c1-3-14-27-20(26)21-18-7-4-6-16(15-18)9-10-17-8-5-12-25(22-17)19-11-13-24(2)23-19/h4-7,11-13,15H,3,8-10,14H2,1-2H3,(H,21,26). The maximum absolute atomic E-state index is 11.7. The Labute approximate surface area is 159 Å². The SMILES string of the molecule is CCCOC(=O)Nc1cccc(CCC2=NN(c3ccn(C)n3)C=CC2)c1. The second-order valence-corrected chi connectivity index (χ2v) is 6.41. The van der Waals surface area contributed by atoms with Gasteiger partial charge in [0, 0.05) is 43.3 Å². The van der Waals surface area contributed by atoms with Gasteiger partial charge in [-0.2, -0.15) is 10.2 Å². The molecule has 0 bridgehead atoms. The van der Waals surface area contributed by atoms with Crippen LogP contribution in [0.15, 0.2) is 53.9 Å². The van der Waals surface area contributed by atoms with Crippen LogP contribution in [0.4, 0.5) is 16.3 Å². The molecule has 1 amide bonds. The third-order valence-corrected chi connectivity index (χ3v) is 4.10. The van der Waals surface area contributed by atoms with Gasteiger partial charge in [0.25, 0.3) is 0 Å². The van der Waals surface area contributed by atoms with E-state index in [2.05, 4.69) is 27.7 Å². The van der Waals surface area contributed by atoms with Crippen LogP contribution in [-0.2, 0) is 18.2 Å². The zero-order valence-electron chi connectivity index (χ0n) is 15.8. The summed E-state index contributed by atoms with van der Waals surface area (Å²) in [6, 6.07) is 9.76. The fraction of sp³-hybridized carbons (Fsp3) is 0.350. The van der Waals surface area contributed by atoms with Gasteiger partial charge in [-0.1, -0.05) is 25.1 Å². The molecule has 142 valence electrons. The van der Waals surface area contributed by atoms with Gasteiger partial charge in [-0.25, -0.2) is 9.80 Å². The number of carbonyl (C=O) groups excluding carboxylic acids is 1. The number of rotatable bonds is 7. The first-order chi connectivity index (χ1) is 13.1. The van der Waals surface area contributed by atoms with Crippen LogP contribution in [0.25, 0.3) is 0 Å². The van der Waals surface area contributed by atoms with Crippen molar-refractivity contribution in [3.63, 3.8) is 0 Å². The van der Waals surface area contributed by atoms with Crippen molar-refractivity contribution in [2.45, 2.75) is 32.6 Å². The van der Waals surface area contributed by atoms with Crippen molar-refractivity contribution >= 4 is 23.3 Å². The van der Waals surface area contributed by atoms with E-state index in [4.69, 9.17) is 4.74 Å². The molecular formula is C20H25N5O2. The summed E-state index contributed by atoms with van der Waals surface area (Å²) in [5.41, 5.74) is 2.99. The molecule has 0 spiro atoms. The number of carbonyl (C=O) groups is 1. The lowest BCUT2D eigenvalue weighted by atomic mass is 10.0. The molecule has 27 heavy (non-hydrogen) atoms. The van der Waals surface area contributed by atoms with Gasteiger partial charge in [0.1, 0.15) is 0 Å². The molecule has 7 heteroatoms. The summed E-state index contributed by atoms with van der Waals surface area (Å²) in [6.45, 7) is 2.39. The number of hydrogen-bond donors (Lipinski definition) is 1. The molecule has 7 nitrogen and oxygen atoms in total. The summed E-state index contributed by atoms with van der Waals surface area (Å²) in [4.78, 5) is 11.7. The van der Waals surface area contributed by atoms with Gasteiger partial charge in [-0.05, 0) is 37.0 Å². The van der Waals surface area contributed by atoms with Crippen LogP contribution in [0.3, 0.4) is 0 Å². The Morgan fingerprint density at radius 1 is 1.30 bits per heavy atom. The molecule has 3 rings (SSSR count). The van der Waals surface area contributed by atoms with E-state index in [1.54, 1.807) is 9.69 Å². The van der Waals surface area contributed by atoms with Crippen LogP contribution in [0, 0.1) is 0 Å². The Balaban J connectivity index is 1.57. The van der Waals surface area contributed by atoms with Gasteiger partial charge in [-0.3, -0.25) is 10.00 Å². The number of nitrogens with zero attached hydrogens (tertiary/aromatic N) is 4. The van der Waals surface area contributed by atoms with E-state index in [0.29, 0.717) is 6.61 Å². The molecule has 1 N–H and O–H groups in total. The van der Waals surface area contributed by atoms with Crippen LogP contribution in [0.2, 0.25) is 0 Å². The first kappa shape index (κ1) is 18.7. The smallest absolute Gasteiger partial charge is 0.411 e. The zero-order valence-corrected chi connectivity index (χ0v) is 15.8. The first-order valence-electron chi connectivity index (χ1n) is 9.18. The summed E-state index contributed by atoms with van der Waals surface area (Å²) in [6.07, 6.45) is 8.86. The minimum atomic E-state index is -0.415. The average Bonchev–Trinajstić information content (AvgIpc) is 3.12. The number of benzene rings is 1. The van der Waals surface area contributed by atoms with Crippen LogP contribution in [0.1, 0.15) is 31.7 Å². The van der Waals surface area contributed by atoms with Gasteiger partial charge < -0.3 is 4.74 Å². The highest BCUT2D eigenvalue weighted by Crippen LogP contribution is 2.18. The molecule has 0 saturated heterocycles. The highest BCUT2D eigenvalue weighted by molar-refractivity contribution is 5.88. The predicted octanol–water partition coefficient (Wildman–Crippen LogP) is 4.09. The van der Waals surface area contributed by atoms with Crippen molar-refractivity contribution < 1.29 is 9.53 Å². The highest BCUT2D eigenvalue weighted by atomic mass is 16.5. The molecule has 0 atom stereocenters. The van der Waals surface area contributed by atoms with Gasteiger partial charge in [0.05, 0.1) is 6.61 Å². The number of anilines is 2. The maximum Gasteiger partial charge on any atom is 0.411 e. The molecule has 2 heterocycles. The van der Waals surface area contributed by atoms with Crippen molar-refractivity contribution in [1.29, 1.82) is 0 Å². The van der Waals surface area contributed by atoms with Crippen molar-refractivity contribution in [3.8, 4) is 0 Å². The minimum Gasteiger partial charge on any atom is -0.449 e. The Bertz CT molecular complexity index is 840. The van der Waals surface area contributed by atoms with E-state index < -0.39 is 6.09 Å². The molecule has 0 aliphatic carbocycles. The Morgan fingerprint density at radius 2 is 2.19 bits per heavy atom. The summed E-state index contributed by atoms with van der Waals surface area (Å²) in [7, 11) is 1.89. The van der Waals surface area contributed by atoms with Gasteiger partial charge >= 0.3 is 6.09 Å². The fourth-order valence-electron chi connectivity index (χ4n) is 2.76. The lowest BCUT2D eigenvalue weighted by molar-refractivity contribution is 0.161. The number of hydrazone groups is 1. The first-order valence-corrected chi connectivity index (χ1v) is 9.18. The van der Waals surface area contributed by atoms with Crippen molar-refractivity contribution in [1.82, 2.24) is 9.78 Å². The van der Waals surface area contributed by atoms with Crippen LogP contribution in [0.5, 0.6) is 0 Å². The van der Waals surface area contributed by atoms with E-state index in [-0.39, 0.29) is 0 Å². The van der Waals surface area contributed by atoms with E-state index in [1.807, 2.05) is 50.6 Å². The number of hydrogen-bond acceptors (Lipinski definition) is 5. The summed E-state index contributed by atoms with van der Waals surface area (Å²) in [5, 5.41) is 13.6. The molecule has 1 aromatic carbocycles. The quantitative estimate of drug-likeness (QED) is 0.800. The van der Waals surface area contributed by atoms with Crippen molar-refractivity contribution in [3.05, 3.63) is 54.4 Å². The second kappa shape index (κ2) is 9.02. The Kier molecular flexibility index (Phi) is 6.25. The molecule has 1 aliphatic heterocycles. The lowest BCUT2D eigenvalue weighted by Gasteiger charge is -2.18. The van der Waals surface area contributed by atoms with Crippen molar-refractivity contribution in [2.75, 3.05) is 16.9 Å². The minimum absolute atomic E-state index is 0.415. The second-order valence-electron chi connectivity index (χ2n) is 6.41. The monoisotopic (exact) mass is 367 g/mol. The Morgan fingerprint density at radius 3 is 2.96 bits per heavy atom. The molecular weight excluding hydrogens is 342 g/mol. The fourth-order valence-corrected chi connectivity index (χ4v) is 2.76. The number of aromatic nitrogens is 2. The molecule has 0 unspecified atom stereocenters. The third kappa shape index (κ3) is 5.44. The molecule has 0 fully saturated rings. The molecule has 0 radical (unpaired) electrons. The summed E-state index contributed by atoms with van der Waals surface area (Å²) < 4.78 is 6.82. The lowest BCUT2D eigenvalue weighted by Crippen LogP contribution is -2.17. The largest absolute Gasteiger partial charge is 0.449 e. The van der Waals surface area contributed by atoms with Gasteiger partial charge in [0.2, 0.25) is 0 Å². The molecule has 0 saturated carbocycles. The number of amides is 1. The number of allylic oxidation sites excluding steroid dienone is 1. The molecule has 1 aliphatic rings. The van der Waals surface area contributed by atoms with E-state index >= 15 is 0 Å². The highest BCUT2D eigenvalue weighted by Gasteiger charge is 2.11. The van der Waals surface area contributed by atoms with Gasteiger partial charge in [0.15, 0.2) is 5.82 Å². The van der Waals surface area contributed by atoms with E-state index in [0.717, 1.165) is 48.5 Å². The number of ether oxygens (including phenoxy) is 1. The number of aryl methyl sites for hydroxylation is 2.